The molecule has 0 unspecified atom stereocenters. The normalized spacial score (nSPS) is 17.2. The Morgan fingerprint density at radius 3 is 2.36 bits per heavy atom. The molecule has 0 bridgehead atoms. The fraction of sp³-hybridized carbons (Fsp3) is 0.556. The van der Waals surface area contributed by atoms with Gasteiger partial charge in [0.15, 0.2) is 0 Å². The predicted octanol–water partition coefficient (Wildman–Crippen LogP) is 2.39. The van der Waals surface area contributed by atoms with Crippen molar-refractivity contribution in [3.8, 4) is 0 Å². The molecule has 1 aliphatic rings. The van der Waals surface area contributed by atoms with Gasteiger partial charge in [-0.3, -0.25) is 19.4 Å². The Labute approximate surface area is 167 Å². The van der Waals surface area contributed by atoms with Gasteiger partial charge in [0, 0.05) is 46.0 Å². The molecule has 1 saturated heterocycles. The van der Waals surface area contributed by atoms with Crippen LogP contribution in [0.1, 0.15) is 12.5 Å². The van der Waals surface area contributed by atoms with Gasteiger partial charge in [0.1, 0.15) is 0 Å². The molecule has 0 saturated carbocycles. The van der Waals surface area contributed by atoms with E-state index in [4.69, 9.17) is 11.6 Å². The topological polar surface area (TPSA) is 55.9 Å². The van der Waals surface area contributed by atoms with E-state index in [0.29, 0.717) is 26.2 Å². The van der Waals surface area contributed by atoms with Gasteiger partial charge in [0.25, 0.3) is 0 Å². The number of piperazine rings is 1. The summed E-state index contributed by atoms with van der Waals surface area (Å²) in [5, 5.41) is 2.07. The van der Waals surface area contributed by atoms with Gasteiger partial charge in [0.05, 0.1) is 23.2 Å². The molecule has 0 aliphatic carbocycles. The Morgan fingerprint density at radius 2 is 1.82 bits per heavy atom. The van der Waals surface area contributed by atoms with Crippen molar-refractivity contribution in [3.05, 3.63) is 28.8 Å². The Morgan fingerprint density at radius 1 is 1.21 bits per heavy atom. The lowest BCUT2D eigenvalue weighted by atomic mass is 10.2. The minimum absolute atomic E-state index is 0.0226. The summed E-state index contributed by atoms with van der Waals surface area (Å²) in [6.07, 6.45) is -4.59. The summed E-state index contributed by atoms with van der Waals surface area (Å²) in [4.78, 5) is 29.7. The number of rotatable bonds is 5. The maximum Gasteiger partial charge on any atom is 0.417 e. The van der Waals surface area contributed by atoms with Crippen molar-refractivity contribution in [1.82, 2.24) is 14.7 Å². The van der Waals surface area contributed by atoms with Gasteiger partial charge in [-0.2, -0.15) is 13.2 Å². The van der Waals surface area contributed by atoms with E-state index in [2.05, 4.69) is 5.32 Å². The monoisotopic (exact) mass is 420 g/mol. The van der Waals surface area contributed by atoms with Crippen molar-refractivity contribution in [2.45, 2.75) is 19.1 Å². The van der Waals surface area contributed by atoms with Crippen LogP contribution in [0.3, 0.4) is 0 Å². The Hall–Kier alpha value is -1.84. The SMILES string of the molecule is C[C@H](C(=O)N(C)C)N1CCN(CC(=O)Nc2ccc(Cl)c(C(F)(F)F)c2)CC1. The lowest BCUT2D eigenvalue weighted by Gasteiger charge is -2.37. The van der Waals surface area contributed by atoms with E-state index in [9.17, 15) is 22.8 Å². The molecule has 28 heavy (non-hydrogen) atoms. The van der Waals surface area contributed by atoms with Gasteiger partial charge in [-0.25, -0.2) is 0 Å². The van der Waals surface area contributed by atoms with Crippen LogP contribution in [-0.2, 0) is 15.8 Å². The molecule has 156 valence electrons. The van der Waals surface area contributed by atoms with Crippen molar-refractivity contribution in [1.29, 1.82) is 0 Å². The minimum atomic E-state index is -4.59. The van der Waals surface area contributed by atoms with Crippen molar-refractivity contribution >= 4 is 29.1 Å². The summed E-state index contributed by atoms with van der Waals surface area (Å²) < 4.78 is 38.7. The van der Waals surface area contributed by atoms with Crippen LogP contribution in [0.4, 0.5) is 18.9 Å². The summed E-state index contributed by atoms with van der Waals surface area (Å²) in [7, 11) is 3.42. The number of benzene rings is 1. The highest BCUT2D eigenvalue weighted by Gasteiger charge is 2.33. The molecule has 1 heterocycles. The van der Waals surface area contributed by atoms with E-state index in [1.807, 2.05) is 16.7 Å². The van der Waals surface area contributed by atoms with Crippen LogP contribution in [0.2, 0.25) is 5.02 Å². The molecule has 1 aromatic rings. The number of nitrogens with zero attached hydrogens (tertiary/aromatic N) is 3. The zero-order valence-electron chi connectivity index (χ0n) is 16.0. The third-order valence-corrected chi connectivity index (χ3v) is 5.01. The second kappa shape index (κ2) is 9.11. The Bertz CT molecular complexity index is 719. The molecule has 0 aromatic heterocycles. The van der Waals surface area contributed by atoms with E-state index < -0.39 is 22.7 Å². The van der Waals surface area contributed by atoms with Crippen molar-refractivity contribution < 1.29 is 22.8 Å². The number of anilines is 1. The molecule has 1 fully saturated rings. The molecule has 1 aliphatic heterocycles. The van der Waals surface area contributed by atoms with Gasteiger partial charge in [-0.05, 0) is 25.1 Å². The molecular formula is C18H24ClF3N4O2. The number of likely N-dealkylation sites (N-methyl/N-ethyl adjacent to an activating group) is 1. The molecule has 6 nitrogen and oxygen atoms in total. The fourth-order valence-corrected chi connectivity index (χ4v) is 3.29. The zero-order chi connectivity index (χ0) is 21.1. The van der Waals surface area contributed by atoms with Crippen LogP contribution in [0.25, 0.3) is 0 Å². The summed E-state index contributed by atoms with van der Waals surface area (Å²) in [6.45, 7) is 4.36. The maximum absolute atomic E-state index is 12.9. The van der Waals surface area contributed by atoms with Crippen molar-refractivity contribution in [2.24, 2.45) is 0 Å². The number of amides is 2. The maximum atomic E-state index is 12.9. The lowest BCUT2D eigenvalue weighted by Crippen LogP contribution is -2.54. The molecule has 2 rings (SSSR count). The van der Waals surface area contributed by atoms with E-state index >= 15 is 0 Å². The summed E-state index contributed by atoms with van der Waals surface area (Å²) in [5.41, 5.74) is -0.939. The molecule has 2 amide bonds. The van der Waals surface area contributed by atoms with Gasteiger partial charge in [-0.15, -0.1) is 0 Å². The molecule has 1 N–H and O–H groups in total. The highest BCUT2D eigenvalue weighted by molar-refractivity contribution is 6.31. The average Bonchev–Trinajstić information content (AvgIpc) is 2.61. The van der Waals surface area contributed by atoms with Crippen LogP contribution < -0.4 is 5.32 Å². The van der Waals surface area contributed by atoms with Crippen LogP contribution >= 0.6 is 11.6 Å². The third-order valence-electron chi connectivity index (χ3n) is 4.68. The van der Waals surface area contributed by atoms with Gasteiger partial charge < -0.3 is 10.2 Å². The molecule has 0 radical (unpaired) electrons. The van der Waals surface area contributed by atoms with Gasteiger partial charge in [-0.1, -0.05) is 11.6 Å². The lowest BCUT2D eigenvalue weighted by molar-refractivity contribution is -0.137. The first-order valence-electron chi connectivity index (χ1n) is 8.83. The second-order valence-corrected chi connectivity index (χ2v) is 7.37. The van der Waals surface area contributed by atoms with E-state index in [1.54, 1.807) is 19.0 Å². The molecule has 10 heteroatoms. The van der Waals surface area contributed by atoms with Gasteiger partial charge in [0.2, 0.25) is 11.8 Å². The standard InChI is InChI=1S/C18H24ClF3N4O2/c1-12(17(28)24(2)3)26-8-6-25(7-9-26)11-16(27)23-13-4-5-15(19)14(10-13)18(20,21)22/h4-5,10,12H,6-9,11H2,1-3H3,(H,23,27)/t12-/m1/s1. The molecule has 1 atom stereocenters. The first kappa shape index (κ1) is 22.4. The minimum Gasteiger partial charge on any atom is -0.347 e. The summed E-state index contributed by atoms with van der Waals surface area (Å²) in [6, 6.07) is 3.04. The third kappa shape index (κ3) is 5.83. The molecule has 1 aromatic carbocycles. The van der Waals surface area contributed by atoms with Crippen molar-refractivity contribution in [3.63, 3.8) is 0 Å². The summed E-state index contributed by atoms with van der Waals surface area (Å²) in [5.74, 6) is -0.379. The number of hydrogen-bond acceptors (Lipinski definition) is 4. The predicted molar refractivity (Wildman–Crippen MR) is 101 cm³/mol. The van der Waals surface area contributed by atoms with Crippen LogP contribution in [0.5, 0.6) is 0 Å². The van der Waals surface area contributed by atoms with Crippen LogP contribution in [-0.4, -0.2) is 79.4 Å². The smallest absolute Gasteiger partial charge is 0.347 e. The zero-order valence-corrected chi connectivity index (χ0v) is 16.8. The highest BCUT2D eigenvalue weighted by Crippen LogP contribution is 2.36. The van der Waals surface area contributed by atoms with E-state index in [1.165, 1.54) is 6.07 Å². The van der Waals surface area contributed by atoms with Gasteiger partial charge >= 0.3 is 6.18 Å². The summed E-state index contributed by atoms with van der Waals surface area (Å²) >= 11 is 5.58. The first-order valence-corrected chi connectivity index (χ1v) is 9.21. The number of alkyl halides is 3. The van der Waals surface area contributed by atoms with E-state index in [-0.39, 0.29) is 24.2 Å². The quantitative estimate of drug-likeness (QED) is 0.794. The largest absolute Gasteiger partial charge is 0.417 e. The molecule has 0 spiro atoms. The second-order valence-electron chi connectivity index (χ2n) is 6.96. The highest BCUT2D eigenvalue weighted by atomic mass is 35.5. The van der Waals surface area contributed by atoms with Crippen LogP contribution in [0, 0.1) is 0 Å². The molecular weight excluding hydrogens is 397 g/mol. The van der Waals surface area contributed by atoms with E-state index in [0.717, 1.165) is 12.1 Å². The number of hydrogen-bond donors (Lipinski definition) is 1. The Balaban J connectivity index is 1.88. The fourth-order valence-electron chi connectivity index (χ4n) is 3.06. The van der Waals surface area contributed by atoms with Crippen molar-refractivity contribution in [2.75, 3.05) is 52.1 Å². The first-order chi connectivity index (χ1) is 13.0. The Kier molecular flexibility index (Phi) is 7.30. The number of halogens is 4. The number of carbonyl (C=O) groups excluding carboxylic acids is 2. The van der Waals surface area contributed by atoms with Crippen LogP contribution in [0.15, 0.2) is 18.2 Å². The number of nitrogens with one attached hydrogen (secondary N) is 1. The average molecular weight is 421 g/mol. The number of carbonyl (C=O) groups is 2.